The highest BCUT2D eigenvalue weighted by Gasteiger charge is 2.42. The summed E-state index contributed by atoms with van der Waals surface area (Å²) in [7, 11) is 0. The van der Waals surface area contributed by atoms with Crippen molar-refractivity contribution in [2.45, 2.75) is 45.1 Å². The van der Waals surface area contributed by atoms with Crippen molar-refractivity contribution in [1.29, 1.82) is 0 Å². The van der Waals surface area contributed by atoms with Crippen LogP contribution in [0.25, 0.3) is 0 Å². The molecule has 0 saturated heterocycles. The molecule has 2 heterocycles. The molecule has 1 aliphatic heterocycles. The first-order chi connectivity index (χ1) is 15.4. The lowest BCUT2D eigenvalue weighted by Crippen LogP contribution is -2.42. The van der Waals surface area contributed by atoms with Crippen LogP contribution in [-0.4, -0.2) is 45.5 Å². The number of imidazole rings is 1. The van der Waals surface area contributed by atoms with Crippen molar-refractivity contribution >= 4 is 11.9 Å². The summed E-state index contributed by atoms with van der Waals surface area (Å²) < 4.78 is 85.9. The van der Waals surface area contributed by atoms with Gasteiger partial charge in [-0.15, -0.1) is 0 Å². The van der Waals surface area contributed by atoms with Crippen LogP contribution in [-0.2, 0) is 35.2 Å². The molecule has 1 unspecified atom stereocenters. The SMILES string of the molecule is CCOC(=O)c1nc(C(F)(F)F)n2c1CN(C(=O)CC(N)Cc1cc(F)c(F)cc1F)CC2. The van der Waals surface area contributed by atoms with E-state index >= 15 is 0 Å². The second-order valence-electron chi connectivity index (χ2n) is 7.44. The predicted octanol–water partition coefficient (Wildman–Crippen LogP) is 2.80. The number of esters is 1. The van der Waals surface area contributed by atoms with Crippen molar-refractivity contribution in [3.8, 4) is 0 Å². The molecule has 0 fully saturated rings. The fourth-order valence-corrected chi connectivity index (χ4v) is 3.59. The molecule has 0 spiro atoms. The molecule has 2 N–H and O–H groups in total. The van der Waals surface area contributed by atoms with Gasteiger partial charge in [-0.25, -0.2) is 22.9 Å². The van der Waals surface area contributed by atoms with Crippen molar-refractivity contribution in [1.82, 2.24) is 14.5 Å². The number of amides is 1. The number of hydrogen-bond acceptors (Lipinski definition) is 5. The normalized spacial score (nSPS) is 14.7. The average molecular weight is 478 g/mol. The van der Waals surface area contributed by atoms with Crippen LogP contribution in [0.2, 0.25) is 0 Å². The number of hydrogen-bond donors (Lipinski definition) is 1. The van der Waals surface area contributed by atoms with Gasteiger partial charge in [-0.3, -0.25) is 4.79 Å². The van der Waals surface area contributed by atoms with Gasteiger partial charge >= 0.3 is 12.1 Å². The summed E-state index contributed by atoms with van der Waals surface area (Å²) >= 11 is 0. The Morgan fingerprint density at radius 2 is 1.82 bits per heavy atom. The van der Waals surface area contributed by atoms with E-state index in [9.17, 15) is 35.9 Å². The summed E-state index contributed by atoms with van der Waals surface area (Å²) in [4.78, 5) is 29.4. The quantitative estimate of drug-likeness (QED) is 0.392. The molecule has 13 heteroatoms. The number of alkyl halides is 3. The molecule has 1 amide bonds. The minimum atomic E-state index is -4.82. The van der Waals surface area contributed by atoms with E-state index < -0.39 is 53.1 Å². The van der Waals surface area contributed by atoms with Crippen molar-refractivity contribution in [3.05, 3.63) is 52.4 Å². The zero-order valence-corrected chi connectivity index (χ0v) is 17.4. The van der Waals surface area contributed by atoms with Crippen LogP contribution in [0.1, 0.15) is 40.9 Å². The average Bonchev–Trinajstić information content (AvgIpc) is 3.11. The van der Waals surface area contributed by atoms with Crippen molar-refractivity contribution < 1.29 is 40.7 Å². The van der Waals surface area contributed by atoms with E-state index in [1.54, 1.807) is 0 Å². The highest BCUT2D eigenvalue weighted by Crippen LogP contribution is 2.32. The second-order valence-corrected chi connectivity index (χ2v) is 7.44. The summed E-state index contributed by atoms with van der Waals surface area (Å²) in [6.45, 7) is 0.681. The predicted molar refractivity (Wildman–Crippen MR) is 101 cm³/mol. The van der Waals surface area contributed by atoms with Crippen LogP contribution in [0.15, 0.2) is 12.1 Å². The monoisotopic (exact) mass is 478 g/mol. The van der Waals surface area contributed by atoms with E-state index in [2.05, 4.69) is 4.98 Å². The molecule has 1 aromatic heterocycles. The highest BCUT2D eigenvalue weighted by molar-refractivity contribution is 5.89. The molecule has 180 valence electrons. The number of ether oxygens (including phenoxy) is 1. The molecule has 0 saturated carbocycles. The van der Waals surface area contributed by atoms with E-state index in [0.717, 1.165) is 4.57 Å². The largest absolute Gasteiger partial charge is 0.461 e. The summed E-state index contributed by atoms with van der Waals surface area (Å²) in [5.41, 5.74) is 5.00. The second kappa shape index (κ2) is 9.41. The van der Waals surface area contributed by atoms with Gasteiger partial charge in [0.1, 0.15) is 5.82 Å². The third-order valence-electron chi connectivity index (χ3n) is 5.09. The number of carbonyl (C=O) groups is 2. The topological polar surface area (TPSA) is 90.5 Å². The summed E-state index contributed by atoms with van der Waals surface area (Å²) in [6.07, 6.45) is -5.43. The highest BCUT2D eigenvalue weighted by atomic mass is 19.4. The fraction of sp³-hybridized carbons (Fsp3) is 0.450. The maximum atomic E-state index is 13.8. The number of nitrogens with two attached hydrogens (primary N) is 1. The Labute approximate surface area is 184 Å². The van der Waals surface area contributed by atoms with Gasteiger partial charge in [0.05, 0.1) is 18.8 Å². The zero-order chi connectivity index (χ0) is 24.5. The number of halogens is 6. The smallest absolute Gasteiger partial charge is 0.449 e. The molecular formula is C20H20F6N4O3. The maximum absolute atomic E-state index is 13.8. The van der Waals surface area contributed by atoms with Crippen LogP contribution in [0.5, 0.6) is 0 Å². The molecule has 7 nitrogen and oxygen atoms in total. The Balaban J connectivity index is 1.76. The lowest BCUT2D eigenvalue weighted by molar-refractivity contribution is -0.148. The minimum absolute atomic E-state index is 0.0788. The Kier molecular flexibility index (Phi) is 7.00. The van der Waals surface area contributed by atoms with Gasteiger partial charge in [-0.05, 0) is 25.0 Å². The van der Waals surface area contributed by atoms with Crippen molar-refractivity contribution in [2.75, 3.05) is 13.2 Å². The summed E-state index contributed by atoms with van der Waals surface area (Å²) in [5, 5.41) is 0. The van der Waals surface area contributed by atoms with Crippen LogP contribution < -0.4 is 5.73 Å². The van der Waals surface area contributed by atoms with E-state index in [-0.39, 0.29) is 50.3 Å². The number of fused-ring (bicyclic) bond motifs is 1. The molecule has 0 aliphatic carbocycles. The molecule has 1 aliphatic rings. The Morgan fingerprint density at radius 1 is 1.15 bits per heavy atom. The summed E-state index contributed by atoms with van der Waals surface area (Å²) in [5.74, 6) is -6.52. The number of benzene rings is 1. The van der Waals surface area contributed by atoms with Gasteiger partial charge in [-0.2, -0.15) is 13.2 Å². The molecular weight excluding hydrogens is 458 g/mol. The standard InChI is InChI=1S/C20H20F6N4O3/c1-2-33-18(32)17-15-9-29(3-4-30(15)19(28-17)20(24,25)26)16(31)7-11(27)5-10-6-13(22)14(23)8-12(10)21/h6,8,11H,2-5,7,9,27H2,1H3. The van der Waals surface area contributed by atoms with E-state index in [0.29, 0.717) is 12.1 Å². The van der Waals surface area contributed by atoms with Crippen LogP contribution >= 0.6 is 0 Å². The molecule has 0 radical (unpaired) electrons. The fourth-order valence-electron chi connectivity index (χ4n) is 3.59. The van der Waals surface area contributed by atoms with E-state index in [1.807, 2.05) is 0 Å². The summed E-state index contributed by atoms with van der Waals surface area (Å²) in [6, 6.07) is 0.0535. The van der Waals surface area contributed by atoms with Gasteiger partial charge in [0.25, 0.3) is 0 Å². The van der Waals surface area contributed by atoms with Crippen LogP contribution in [0.3, 0.4) is 0 Å². The number of rotatable bonds is 6. The Morgan fingerprint density at radius 3 is 2.45 bits per heavy atom. The lowest BCUT2D eigenvalue weighted by atomic mass is 10.0. The molecule has 0 bridgehead atoms. The zero-order valence-electron chi connectivity index (χ0n) is 17.4. The third kappa shape index (κ3) is 5.29. The van der Waals surface area contributed by atoms with Gasteiger partial charge in [0, 0.05) is 31.6 Å². The molecule has 2 aromatic rings. The number of aromatic nitrogens is 2. The van der Waals surface area contributed by atoms with Gasteiger partial charge < -0.3 is 19.9 Å². The lowest BCUT2D eigenvalue weighted by Gasteiger charge is -2.30. The molecule has 1 atom stereocenters. The van der Waals surface area contributed by atoms with E-state index in [4.69, 9.17) is 10.5 Å². The Hall–Kier alpha value is -3.09. The first-order valence-corrected chi connectivity index (χ1v) is 9.92. The van der Waals surface area contributed by atoms with E-state index in [1.165, 1.54) is 11.8 Å². The van der Waals surface area contributed by atoms with Gasteiger partial charge in [-0.1, -0.05) is 0 Å². The van der Waals surface area contributed by atoms with Gasteiger partial charge in [0.15, 0.2) is 17.3 Å². The van der Waals surface area contributed by atoms with Crippen molar-refractivity contribution in [3.63, 3.8) is 0 Å². The van der Waals surface area contributed by atoms with Gasteiger partial charge in [0.2, 0.25) is 11.7 Å². The van der Waals surface area contributed by atoms with Crippen LogP contribution in [0.4, 0.5) is 26.3 Å². The first-order valence-electron chi connectivity index (χ1n) is 9.92. The molecule has 33 heavy (non-hydrogen) atoms. The molecule has 1 aromatic carbocycles. The first kappa shape index (κ1) is 24.6. The number of carbonyl (C=O) groups excluding carboxylic acids is 2. The van der Waals surface area contributed by atoms with Crippen LogP contribution in [0, 0.1) is 17.5 Å². The Bertz CT molecular complexity index is 1070. The molecule has 3 rings (SSSR count). The van der Waals surface area contributed by atoms with Crippen molar-refractivity contribution in [2.24, 2.45) is 5.73 Å². The third-order valence-corrected chi connectivity index (χ3v) is 5.09. The maximum Gasteiger partial charge on any atom is 0.449 e. The number of nitrogens with zero attached hydrogens (tertiary/aromatic N) is 3. The minimum Gasteiger partial charge on any atom is -0.461 e.